The first-order valence-corrected chi connectivity index (χ1v) is 12.5. The molecule has 1 aliphatic carbocycles. The summed E-state index contributed by atoms with van der Waals surface area (Å²) < 4.78 is 12.3. The number of Topliss-reactive ketones (excluding diaryl/α,β-unsaturated/α-hetero) is 1. The zero-order chi connectivity index (χ0) is 23.1. The minimum Gasteiger partial charge on any atom is -0.489 e. The van der Waals surface area contributed by atoms with E-state index in [4.69, 9.17) is 9.47 Å². The summed E-state index contributed by atoms with van der Waals surface area (Å²) in [6, 6.07) is 17.0. The van der Waals surface area contributed by atoms with E-state index < -0.39 is 6.04 Å². The molecule has 7 heteroatoms. The second-order valence-electron chi connectivity index (χ2n) is 8.89. The number of thiazole rings is 1. The Balaban J connectivity index is 1.38. The van der Waals surface area contributed by atoms with Gasteiger partial charge < -0.3 is 9.47 Å². The summed E-state index contributed by atoms with van der Waals surface area (Å²) in [4.78, 5) is 33.3. The molecule has 34 heavy (non-hydrogen) atoms. The van der Waals surface area contributed by atoms with Crippen molar-refractivity contribution in [1.29, 1.82) is 0 Å². The van der Waals surface area contributed by atoms with E-state index in [2.05, 4.69) is 4.98 Å². The summed E-state index contributed by atoms with van der Waals surface area (Å²) in [7, 11) is 0. The Bertz CT molecular complexity index is 1250. The average Bonchev–Trinajstić information content (AvgIpc) is 3.50. The third kappa shape index (κ3) is 3.60. The maximum absolute atomic E-state index is 13.7. The number of carbonyl (C=O) groups is 2. The van der Waals surface area contributed by atoms with Crippen molar-refractivity contribution in [2.75, 3.05) is 4.90 Å². The van der Waals surface area contributed by atoms with Crippen molar-refractivity contribution in [2.45, 2.75) is 44.4 Å². The lowest BCUT2D eigenvalue weighted by atomic mass is 9.77. The van der Waals surface area contributed by atoms with Crippen LogP contribution in [0.15, 0.2) is 77.5 Å². The van der Waals surface area contributed by atoms with Crippen molar-refractivity contribution in [3.63, 3.8) is 0 Å². The van der Waals surface area contributed by atoms with Crippen LogP contribution in [0, 0.1) is 5.92 Å². The number of rotatable bonds is 5. The second kappa shape index (κ2) is 8.72. The average molecular weight is 473 g/mol. The molecule has 3 heterocycles. The number of hydrogen-bond acceptors (Lipinski definition) is 6. The highest BCUT2D eigenvalue weighted by Gasteiger charge is 2.53. The zero-order valence-electron chi connectivity index (χ0n) is 18.6. The summed E-state index contributed by atoms with van der Waals surface area (Å²) in [6.45, 7) is 0.434. The van der Waals surface area contributed by atoms with Crippen LogP contribution < -0.4 is 9.64 Å². The molecule has 3 aromatic rings. The van der Waals surface area contributed by atoms with Gasteiger partial charge in [0.1, 0.15) is 18.5 Å². The van der Waals surface area contributed by atoms with Gasteiger partial charge in [0.2, 0.25) is 0 Å². The van der Waals surface area contributed by atoms with Gasteiger partial charge in [0.15, 0.2) is 16.7 Å². The van der Waals surface area contributed by atoms with Crippen LogP contribution in [0.2, 0.25) is 0 Å². The van der Waals surface area contributed by atoms with Crippen LogP contribution in [0.5, 0.6) is 5.75 Å². The number of carbonyl (C=O) groups excluding carboxylic acids is 2. The Hall–Kier alpha value is -3.45. The van der Waals surface area contributed by atoms with E-state index in [1.807, 2.05) is 60.0 Å². The van der Waals surface area contributed by atoms with Crippen LogP contribution in [0.4, 0.5) is 5.13 Å². The smallest absolute Gasteiger partial charge is 0.296 e. The molecule has 3 aliphatic rings. The molecule has 1 fully saturated rings. The number of anilines is 1. The molecule has 6 nitrogen and oxygen atoms in total. The van der Waals surface area contributed by atoms with E-state index >= 15 is 0 Å². The van der Waals surface area contributed by atoms with Crippen molar-refractivity contribution in [3.05, 3.63) is 88.6 Å². The van der Waals surface area contributed by atoms with Crippen molar-refractivity contribution >= 4 is 28.2 Å². The quantitative estimate of drug-likeness (QED) is 0.509. The Morgan fingerprint density at radius 1 is 1.06 bits per heavy atom. The fourth-order valence-corrected chi connectivity index (χ4v) is 5.87. The lowest BCUT2D eigenvalue weighted by Gasteiger charge is -2.35. The fraction of sp³-hybridized carbons (Fsp3) is 0.296. The minimum atomic E-state index is -0.579. The van der Waals surface area contributed by atoms with Crippen molar-refractivity contribution in [1.82, 2.24) is 4.98 Å². The molecule has 1 saturated carbocycles. The lowest BCUT2D eigenvalue weighted by molar-refractivity contribution is -0.131. The number of benzene rings is 2. The summed E-state index contributed by atoms with van der Waals surface area (Å²) >= 11 is 1.38. The molecule has 3 atom stereocenters. The van der Waals surface area contributed by atoms with Gasteiger partial charge in [-0.1, -0.05) is 48.9 Å². The molecule has 2 aliphatic heterocycles. The van der Waals surface area contributed by atoms with Crippen molar-refractivity contribution < 1.29 is 19.1 Å². The zero-order valence-corrected chi connectivity index (χ0v) is 19.4. The van der Waals surface area contributed by atoms with Crippen LogP contribution in [-0.4, -0.2) is 22.8 Å². The summed E-state index contributed by atoms with van der Waals surface area (Å²) in [5.41, 5.74) is 2.34. The molecular formula is C27H24N2O4S. The monoisotopic (exact) mass is 472 g/mol. The molecule has 0 saturated heterocycles. The first-order valence-electron chi connectivity index (χ1n) is 11.7. The minimum absolute atomic E-state index is 0.0407. The molecule has 6 rings (SSSR count). The summed E-state index contributed by atoms with van der Waals surface area (Å²) in [6.07, 6.45) is 5.11. The second-order valence-corrected chi connectivity index (χ2v) is 9.77. The van der Waals surface area contributed by atoms with E-state index in [-0.39, 0.29) is 29.5 Å². The van der Waals surface area contributed by atoms with E-state index in [0.29, 0.717) is 23.1 Å². The summed E-state index contributed by atoms with van der Waals surface area (Å²) in [5, 5.41) is 2.39. The topological polar surface area (TPSA) is 68.7 Å². The molecule has 2 aromatic carbocycles. The number of aromatic nitrogens is 1. The summed E-state index contributed by atoms with van der Waals surface area (Å²) in [5.74, 6) is 0.448. The van der Waals surface area contributed by atoms with E-state index in [9.17, 15) is 9.59 Å². The Morgan fingerprint density at radius 2 is 1.91 bits per heavy atom. The van der Waals surface area contributed by atoms with E-state index in [1.165, 1.54) is 11.3 Å². The Kier molecular flexibility index (Phi) is 5.41. The predicted molar refractivity (Wildman–Crippen MR) is 128 cm³/mol. The van der Waals surface area contributed by atoms with Gasteiger partial charge in [-0.25, -0.2) is 4.98 Å². The molecule has 172 valence electrons. The maximum Gasteiger partial charge on any atom is 0.296 e. The molecule has 0 spiro atoms. The number of amides is 1. The third-order valence-corrected chi connectivity index (χ3v) is 7.58. The molecule has 1 aromatic heterocycles. The normalized spacial score (nSPS) is 24.0. The van der Waals surface area contributed by atoms with Crippen LogP contribution >= 0.6 is 11.3 Å². The van der Waals surface area contributed by atoms with Crippen LogP contribution in [-0.2, 0) is 20.9 Å². The third-order valence-electron chi connectivity index (χ3n) is 6.81. The largest absolute Gasteiger partial charge is 0.489 e. The van der Waals surface area contributed by atoms with Crippen molar-refractivity contribution in [2.24, 2.45) is 5.92 Å². The Morgan fingerprint density at radius 3 is 2.74 bits per heavy atom. The SMILES string of the molecule is O=C1C2=C(OC3CCCCC13)C(=O)N(c1nccs1)C2c1cccc(OCc2ccccc2)c1. The highest BCUT2D eigenvalue weighted by molar-refractivity contribution is 7.13. The van der Waals surface area contributed by atoms with Gasteiger partial charge in [-0.2, -0.15) is 0 Å². The molecule has 1 amide bonds. The van der Waals surface area contributed by atoms with Gasteiger partial charge >= 0.3 is 0 Å². The van der Waals surface area contributed by atoms with Gasteiger partial charge in [0.25, 0.3) is 5.91 Å². The van der Waals surface area contributed by atoms with Gasteiger partial charge in [0.05, 0.1) is 17.5 Å². The van der Waals surface area contributed by atoms with E-state index in [0.717, 1.165) is 36.8 Å². The maximum atomic E-state index is 13.7. The van der Waals surface area contributed by atoms with Crippen LogP contribution in [0.3, 0.4) is 0 Å². The lowest BCUT2D eigenvalue weighted by Crippen LogP contribution is -2.39. The fourth-order valence-electron chi connectivity index (χ4n) is 5.21. The molecule has 0 N–H and O–H groups in total. The molecule has 3 unspecified atom stereocenters. The van der Waals surface area contributed by atoms with Gasteiger partial charge in [0, 0.05) is 11.6 Å². The van der Waals surface area contributed by atoms with Crippen LogP contribution in [0.25, 0.3) is 0 Å². The number of fused-ring (bicyclic) bond motifs is 1. The van der Waals surface area contributed by atoms with Gasteiger partial charge in [-0.05, 0) is 42.5 Å². The highest BCUT2D eigenvalue weighted by atomic mass is 32.1. The van der Waals surface area contributed by atoms with Gasteiger partial charge in [-0.15, -0.1) is 11.3 Å². The highest BCUT2D eigenvalue weighted by Crippen LogP contribution is 2.48. The van der Waals surface area contributed by atoms with Gasteiger partial charge in [-0.3, -0.25) is 14.5 Å². The standard InChI is InChI=1S/C27H24N2O4S/c30-24-20-11-4-5-12-21(20)33-25-22(24)23(29(26(25)31)27-28-13-14-34-27)18-9-6-10-19(15-18)32-16-17-7-2-1-3-8-17/h1-3,6-10,13-15,20-21,23H,4-5,11-12,16H2. The number of hydrogen-bond donors (Lipinski definition) is 0. The number of nitrogens with zero attached hydrogens (tertiary/aromatic N) is 2. The van der Waals surface area contributed by atoms with E-state index in [1.54, 1.807) is 11.1 Å². The Labute approximate surface area is 201 Å². The van der Waals surface area contributed by atoms with Crippen LogP contribution in [0.1, 0.15) is 42.9 Å². The number of ketones is 1. The first kappa shape index (κ1) is 21.1. The molecule has 0 radical (unpaired) electrons. The first-order chi connectivity index (χ1) is 16.7. The molecule has 0 bridgehead atoms. The predicted octanol–water partition coefficient (Wildman–Crippen LogP) is 5.22. The molecular weight excluding hydrogens is 448 g/mol. The van der Waals surface area contributed by atoms with Crippen molar-refractivity contribution in [3.8, 4) is 5.75 Å². The number of ether oxygens (including phenoxy) is 2.